The first-order chi connectivity index (χ1) is 10.9. The Morgan fingerprint density at radius 1 is 1.17 bits per heavy atom. The van der Waals surface area contributed by atoms with Crippen molar-refractivity contribution in [3.63, 3.8) is 0 Å². The molecule has 0 aliphatic carbocycles. The summed E-state index contributed by atoms with van der Waals surface area (Å²) in [5, 5.41) is 4.75. The van der Waals surface area contributed by atoms with Crippen LogP contribution in [0.25, 0.3) is 0 Å². The zero-order chi connectivity index (χ0) is 16.8. The van der Waals surface area contributed by atoms with Gasteiger partial charge >= 0.3 is 0 Å². The van der Waals surface area contributed by atoms with Crippen LogP contribution in [0.1, 0.15) is 11.4 Å². The topological polar surface area (TPSA) is 85.2 Å². The van der Waals surface area contributed by atoms with Crippen LogP contribution in [0.2, 0.25) is 5.02 Å². The first kappa shape index (κ1) is 16.8. The summed E-state index contributed by atoms with van der Waals surface area (Å²) >= 11 is 5.75. The first-order valence-electron chi connectivity index (χ1n) is 6.91. The third-order valence-corrected chi connectivity index (χ3v) is 3.17. The molecule has 8 heteroatoms. The number of hydrogen-bond acceptors (Lipinski definition) is 4. The number of nitrogens with zero attached hydrogens (tertiary/aromatic N) is 2. The summed E-state index contributed by atoms with van der Waals surface area (Å²) in [5.74, 6) is -0.337. The Labute approximate surface area is 138 Å². The van der Waals surface area contributed by atoms with Crippen molar-refractivity contribution < 1.29 is 14.3 Å². The lowest BCUT2D eigenvalue weighted by Crippen LogP contribution is -2.45. The Kier molecular flexibility index (Phi) is 5.59. The van der Waals surface area contributed by atoms with Crippen molar-refractivity contribution in [2.75, 3.05) is 6.61 Å². The van der Waals surface area contributed by atoms with Gasteiger partial charge in [0, 0.05) is 10.7 Å². The van der Waals surface area contributed by atoms with E-state index in [0.29, 0.717) is 10.8 Å². The zero-order valence-electron chi connectivity index (χ0n) is 12.8. The van der Waals surface area contributed by atoms with Crippen molar-refractivity contribution in [1.82, 2.24) is 20.6 Å². The quantitative estimate of drug-likeness (QED) is 0.808. The highest BCUT2D eigenvalue weighted by atomic mass is 35.5. The predicted octanol–water partition coefficient (Wildman–Crippen LogP) is 1.38. The standard InChI is InChI=1S/C15H17ClN4O3/c1-10-7-11(2)20(19-10)8-14(21)17-18-15(22)9-23-13-5-3-12(16)4-6-13/h3-7H,8-9H2,1-2H3,(H,17,21)(H,18,22). The molecular formula is C15H17ClN4O3. The molecule has 122 valence electrons. The van der Waals surface area contributed by atoms with E-state index >= 15 is 0 Å². The van der Waals surface area contributed by atoms with E-state index in [1.165, 1.54) is 0 Å². The molecule has 0 atom stereocenters. The predicted molar refractivity (Wildman–Crippen MR) is 84.9 cm³/mol. The molecule has 0 fully saturated rings. The lowest BCUT2D eigenvalue weighted by molar-refractivity contribution is -0.130. The number of hydrazine groups is 1. The van der Waals surface area contributed by atoms with Gasteiger partial charge in [-0.3, -0.25) is 25.1 Å². The normalized spacial score (nSPS) is 10.2. The van der Waals surface area contributed by atoms with Gasteiger partial charge in [-0.05, 0) is 44.2 Å². The number of carbonyl (C=O) groups excluding carboxylic acids is 2. The van der Waals surface area contributed by atoms with Crippen LogP contribution in [0.15, 0.2) is 30.3 Å². The number of benzene rings is 1. The fraction of sp³-hybridized carbons (Fsp3) is 0.267. The smallest absolute Gasteiger partial charge is 0.276 e. The first-order valence-corrected chi connectivity index (χ1v) is 7.29. The molecule has 0 aliphatic rings. The molecule has 0 saturated carbocycles. The third-order valence-electron chi connectivity index (χ3n) is 2.92. The summed E-state index contributed by atoms with van der Waals surface area (Å²) in [4.78, 5) is 23.4. The van der Waals surface area contributed by atoms with Crippen LogP contribution in [0.3, 0.4) is 0 Å². The van der Waals surface area contributed by atoms with Gasteiger partial charge in [-0.1, -0.05) is 11.6 Å². The number of hydrogen-bond donors (Lipinski definition) is 2. The largest absolute Gasteiger partial charge is 0.484 e. The van der Waals surface area contributed by atoms with E-state index < -0.39 is 5.91 Å². The SMILES string of the molecule is Cc1cc(C)n(CC(=O)NNC(=O)COc2ccc(Cl)cc2)n1. The van der Waals surface area contributed by atoms with Crippen LogP contribution in [0.5, 0.6) is 5.75 Å². The highest BCUT2D eigenvalue weighted by Crippen LogP contribution is 2.15. The number of nitrogens with one attached hydrogen (secondary N) is 2. The number of carbonyl (C=O) groups is 2. The maximum atomic E-state index is 11.7. The molecule has 1 heterocycles. The van der Waals surface area contributed by atoms with Crippen LogP contribution < -0.4 is 15.6 Å². The van der Waals surface area contributed by atoms with Gasteiger partial charge in [-0.25, -0.2) is 0 Å². The monoisotopic (exact) mass is 336 g/mol. The zero-order valence-corrected chi connectivity index (χ0v) is 13.6. The van der Waals surface area contributed by atoms with Crippen molar-refractivity contribution in [2.24, 2.45) is 0 Å². The van der Waals surface area contributed by atoms with E-state index in [1.54, 1.807) is 28.9 Å². The number of amides is 2. The van der Waals surface area contributed by atoms with E-state index in [-0.39, 0.29) is 19.1 Å². The molecule has 0 radical (unpaired) electrons. The van der Waals surface area contributed by atoms with Crippen LogP contribution in [0.4, 0.5) is 0 Å². The van der Waals surface area contributed by atoms with Crippen LogP contribution in [-0.2, 0) is 16.1 Å². The molecule has 0 unspecified atom stereocenters. The molecule has 1 aromatic carbocycles. The molecule has 23 heavy (non-hydrogen) atoms. The lowest BCUT2D eigenvalue weighted by atomic mass is 10.3. The highest BCUT2D eigenvalue weighted by Gasteiger charge is 2.09. The minimum atomic E-state index is -0.471. The van der Waals surface area contributed by atoms with Crippen molar-refractivity contribution in [1.29, 1.82) is 0 Å². The van der Waals surface area contributed by atoms with Gasteiger partial charge in [0.25, 0.3) is 11.8 Å². The Balaban J connectivity index is 1.72. The van der Waals surface area contributed by atoms with E-state index in [1.807, 2.05) is 19.9 Å². The summed E-state index contributed by atoms with van der Waals surface area (Å²) in [6, 6.07) is 8.48. The summed E-state index contributed by atoms with van der Waals surface area (Å²) in [6.45, 7) is 3.50. The third kappa shape index (κ3) is 5.30. The van der Waals surface area contributed by atoms with Gasteiger partial charge < -0.3 is 4.74 Å². The van der Waals surface area contributed by atoms with Crippen molar-refractivity contribution in [3.8, 4) is 5.75 Å². The van der Waals surface area contributed by atoms with Gasteiger partial charge in [0.05, 0.1) is 5.69 Å². The Morgan fingerprint density at radius 2 is 1.83 bits per heavy atom. The van der Waals surface area contributed by atoms with Gasteiger partial charge in [-0.2, -0.15) is 5.10 Å². The molecule has 0 saturated heterocycles. The molecule has 0 bridgehead atoms. The molecule has 2 rings (SSSR count). The van der Waals surface area contributed by atoms with Gasteiger partial charge in [0.15, 0.2) is 6.61 Å². The summed E-state index contributed by atoms with van der Waals surface area (Å²) in [5.41, 5.74) is 6.29. The molecule has 0 aliphatic heterocycles. The molecule has 2 N–H and O–H groups in total. The second-order valence-corrected chi connectivity index (χ2v) is 5.36. The molecule has 1 aromatic heterocycles. The highest BCUT2D eigenvalue weighted by molar-refractivity contribution is 6.30. The van der Waals surface area contributed by atoms with Crippen LogP contribution in [-0.4, -0.2) is 28.2 Å². The minimum absolute atomic E-state index is 0.0258. The van der Waals surface area contributed by atoms with E-state index in [9.17, 15) is 9.59 Å². The maximum Gasteiger partial charge on any atom is 0.276 e. The fourth-order valence-corrected chi connectivity index (χ4v) is 1.99. The summed E-state index contributed by atoms with van der Waals surface area (Å²) in [7, 11) is 0. The fourth-order valence-electron chi connectivity index (χ4n) is 1.87. The van der Waals surface area contributed by atoms with Gasteiger partial charge in [0.1, 0.15) is 12.3 Å². The number of halogens is 1. The average Bonchev–Trinajstić information content (AvgIpc) is 2.82. The molecule has 7 nitrogen and oxygen atoms in total. The Hall–Kier alpha value is -2.54. The van der Waals surface area contributed by atoms with E-state index in [0.717, 1.165) is 11.4 Å². The maximum absolute atomic E-state index is 11.7. The van der Waals surface area contributed by atoms with Crippen molar-refractivity contribution >= 4 is 23.4 Å². The Bertz CT molecular complexity index is 697. The molecular weight excluding hydrogens is 320 g/mol. The van der Waals surface area contributed by atoms with E-state index in [2.05, 4.69) is 16.0 Å². The molecule has 2 amide bonds. The number of aryl methyl sites for hydroxylation is 2. The van der Waals surface area contributed by atoms with Crippen LogP contribution in [0, 0.1) is 13.8 Å². The number of ether oxygens (including phenoxy) is 1. The van der Waals surface area contributed by atoms with Crippen molar-refractivity contribution in [3.05, 3.63) is 46.7 Å². The average molecular weight is 337 g/mol. The van der Waals surface area contributed by atoms with Crippen LogP contribution >= 0.6 is 11.6 Å². The summed E-state index contributed by atoms with van der Waals surface area (Å²) < 4.78 is 6.81. The minimum Gasteiger partial charge on any atom is -0.484 e. The number of rotatable bonds is 5. The lowest BCUT2D eigenvalue weighted by Gasteiger charge is -2.09. The van der Waals surface area contributed by atoms with Crippen molar-refractivity contribution in [2.45, 2.75) is 20.4 Å². The Morgan fingerprint density at radius 3 is 2.43 bits per heavy atom. The van der Waals surface area contributed by atoms with E-state index in [4.69, 9.17) is 16.3 Å². The van der Waals surface area contributed by atoms with Gasteiger partial charge in [0.2, 0.25) is 0 Å². The second-order valence-electron chi connectivity index (χ2n) is 4.92. The molecule has 2 aromatic rings. The summed E-state index contributed by atoms with van der Waals surface area (Å²) in [6.07, 6.45) is 0. The molecule has 0 spiro atoms. The second kappa shape index (κ2) is 7.64. The van der Waals surface area contributed by atoms with Gasteiger partial charge in [-0.15, -0.1) is 0 Å². The number of aromatic nitrogens is 2.